The van der Waals surface area contributed by atoms with E-state index < -0.39 is 29.9 Å². The highest BCUT2D eigenvalue weighted by Crippen LogP contribution is 2.11. The normalized spacial score (nSPS) is 10.4. The molecule has 0 spiro atoms. The van der Waals surface area contributed by atoms with Gasteiger partial charge in [0.25, 0.3) is 0 Å². The molecule has 0 aliphatic heterocycles. The van der Waals surface area contributed by atoms with Gasteiger partial charge in [0.2, 0.25) is 0 Å². The molecule has 1 rings (SSSR count). The topological polar surface area (TPSA) is 153 Å². The molecule has 0 radical (unpaired) electrons. The van der Waals surface area contributed by atoms with Crippen molar-refractivity contribution in [1.82, 2.24) is 9.55 Å². The lowest BCUT2D eigenvalue weighted by Crippen LogP contribution is -2.50. The van der Waals surface area contributed by atoms with E-state index in [0.717, 1.165) is 13.1 Å². The Labute approximate surface area is 236 Å². The average molecular weight is 559 g/mol. The first-order valence-electron chi connectivity index (χ1n) is 15.6. The quantitative estimate of drug-likeness (QED) is 0.209. The molecule has 0 fully saturated rings. The first-order chi connectivity index (χ1) is 18.8. The molecule has 0 saturated heterocycles. The number of aromatic nitrogens is 2. The fraction of sp³-hybridized carbons (Fsp3) is 0.833. The first kappa shape index (κ1) is 39.1. The summed E-state index contributed by atoms with van der Waals surface area (Å²) in [7, 11) is 0. The maximum Gasteiger partial charge on any atom is 0.347 e. The third-order valence-corrected chi connectivity index (χ3v) is 6.42. The molecule has 0 amide bonds. The highest BCUT2D eigenvalue weighted by Gasteiger charge is 2.01. The van der Waals surface area contributed by atoms with E-state index in [0.29, 0.717) is 10.8 Å². The van der Waals surface area contributed by atoms with Gasteiger partial charge in [-0.25, -0.2) is 14.2 Å². The minimum atomic E-state index is -1.57. The third kappa shape index (κ3) is 28.8. The third-order valence-electron chi connectivity index (χ3n) is 6.42. The molecule has 8 nitrogen and oxygen atoms in total. The second-order valence-electron chi connectivity index (χ2n) is 10.2. The summed E-state index contributed by atoms with van der Waals surface area (Å²) in [6, 6.07) is 0. The van der Waals surface area contributed by atoms with Crippen LogP contribution in [0.5, 0.6) is 5.88 Å². The highest BCUT2D eigenvalue weighted by atomic mass is 19.1. The van der Waals surface area contributed by atoms with Gasteiger partial charge >= 0.3 is 5.69 Å². The monoisotopic (exact) mass is 558 g/mol. The number of carbonyl (C=O) groups excluding carboxylic acids is 1. The lowest BCUT2D eigenvalue weighted by molar-refractivity contribution is -0.368. The minimum Gasteiger partial charge on any atom is -0.856 e. The zero-order chi connectivity index (χ0) is 29.6. The number of hydrogen-bond donors (Lipinski definition) is 2. The Hall–Kier alpha value is -2.00. The van der Waals surface area contributed by atoms with Crippen molar-refractivity contribution < 1.29 is 30.9 Å². The lowest BCUT2D eigenvalue weighted by atomic mass is 10.1. The molecule has 6 N–H and O–H groups in total. The maximum absolute atomic E-state index is 12.5. The van der Waals surface area contributed by atoms with Crippen LogP contribution in [-0.2, 0) is 11.3 Å². The average Bonchev–Trinajstić information content (AvgIpc) is 2.90. The lowest BCUT2D eigenvalue weighted by Gasteiger charge is -2.09. The summed E-state index contributed by atoms with van der Waals surface area (Å²) in [6.45, 7) is 5.97. The molecule has 0 aromatic carbocycles. The molecule has 0 aliphatic rings. The zero-order valence-electron chi connectivity index (χ0n) is 25.2. The molecule has 1 aromatic heterocycles. The summed E-state index contributed by atoms with van der Waals surface area (Å²) in [5.74, 6) is -4.15. The van der Waals surface area contributed by atoms with Gasteiger partial charge in [0.1, 0.15) is 0 Å². The predicted octanol–water partition coefficient (Wildman–Crippen LogP) is 3.50. The summed E-state index contributed by atoms with van der Waals surface area (Å²) in [5, 5.41) is 20.4. The molecular weight excluding hydrogens is 499 g/mol. The Bertz CT molecular complexity index is 689. The molecule has 9 heteroatoms. The van der Waals surface area contributed by atoms with Gasteiger partial charge in [-0.2, -0.15) is 0 Å². The van der Waals surface area contributed by atoms with Crippen molar-refractivity contribution in [2.75, 3.05) is 13.1 Å². The zero-order valence-corrected chi connectivity index (χ0v) is 25.2. The van der Waals surface area contributed by atoms with Gasteiger partial charge in [0.05, 0.1) is 25.6 Å². The Morgan fingerprint density at radius 2 is 1.08 bits per heavy atom. The van der Waals surface area contributed by atoms with Gasteiger partial charge in [-0.3, -0.25) is 4.57 Å². The van der Waals surface area contributed by atoms with Crippen LogP contribution in [0.25, 0.3) is 0 Å². The van der Waals surface area contributed by atoms with Crippen LogP contribution >= 0.6 is 0 Å². The Morgan fingerprint density at radius 1 is 0.744 bits per heavy atom. The Balaban J connectivity index is 0. The van der Waals surface area contributed by atoms with Crippen LogP contribution in [-0.4, -0.2) is 28.6 Å². The molecule has 0 aliphatic carbocycles. The number of carboxylic acid groups (broad SMARTS) is 1. The van der Waals surface area contributed by atoms with Crippen molar-refractivity contribution in [3.8, 4) is 5.88 Å². The molecule has 0 saturated carbocycles. The molecule has 1 heterocycles. The summed E-state index contributed by atoms with van der Waals surface area (Å²) in [4.78, 5) is 23.5. The fourth-order valence-electron chi connectivity index (χ4n) is 4.03. The Kier molecular flexibility index (Phi) is 30.7. The van der Waals surface area contributed by atoms with Gasteiger partial charge < -0.3 is 26.5 Å². The number of aliphatic carboxylic acids is 1. The second-order valence-corrected chi connectivity index (χ2v) is 10.2. The van der Waals surface area contributed by atoms with Crippen molar-refractivity contribution in [1.29, 1.82) is 0 Å². The number of carbonyl (C=O) groups is 1. The first-order valence-corrected chi connectivity index (χ1v) is 15.6. The van der Waals surface area contributed by atoms with E-state index in [2.05, 4.69) is 30.3 Å². The minimum absolute atomic E-state index is 0.437. The van der Waals surface area contributed by atoms with Crippen molar-refractivity contribution in [2.45, 2.75) is 149 Å². The van der Waals surface area contributed by atoms with Crippen molar-refractivity contribution >= 4 is 5.97 Å². The smallest absolute Gasteiger partial charge is 0.347 e. The van der Waals surface area contributed by atoms with Crippen LogP contribution in [0, 0.1) is 5.82 Å². The van der Waals surface area contributed by atoms with E-state index in [1.807, 2.05) is 0 Å². The maximum atomic E-state index is 12.5. The fourth-order valence-corrected chi connectivity index (χ4v) is 4.03. The number of carboxylic acids is 1. The van der Waals surface area contributed by atoms with Gasteiger partial charge in [0, 0.05) is 12.1 Å². The van der Waals surface area contributed by atoms with E-state index in [9.17, 15) is 24.2 Å². The van der Waals surface area contributed by atoms with Crippen LogP contribution in [0.4, 0.5) is 4.39 Å². The molecule has 1 aromatic rings. The number of halogens is 1. The van der Waals surface area contributed by atoms with Gasteiger partial charge in [0.15, 0.2) is 5.82 Å². The largest absolute Gasteiger partial charge is 0.856 e. The van der Waals surface area contributed by atoms with E-state index >= 15 is 0 Å². The van der Waals surface area contributed by atoms with Crippen molar-refractivity contribution in [3.63, 3.8) is 0 Å². The number of unbranched alkanes of at least 4 members (excludes halogenated alkanes) is 18. The van der Waals surface area contributed by atoms with Crippen LogP contribution < -0.4 is 27.4 Å². The number of rotatable bonds is 22. The van der Waals surface area contributed by atoms with Crippen molar-refractivity contribution in [3.05, 3.63) is 22.5 Å². The van der Waals surface area contributed by atoms with Crippen molar-refractivity contribution in [2.24, 2.45) is 0 Å². The second kappa shape index (κ2) is 30.5. The summed E-state index contributed by atoms with van der Waals surface area (Å²) >= 11 is 0. The van der Waals surface area contributed by atoms with Crippen LogP contribution in [0.3, 0.4) is 0 Å². The van der Waals surface area contributed by atoms with Gasteiger partial charge in [-0.1, -0.05) is 117 Å². The van der Waals surface area contributed by atoms with E-state index in [-0.39, 0.29) is 0 Å². The predicted molar refractivity (Wildman–Crippen MR) is 152 cm³/mol. The standard InChI is InChI=1S/2C12H27N.C6H5FN2O4/c2*1-2-3-4-5-6-7-8-9-10-11-12-13;7-3-1-9(2-4(10)11)6(13)8-5(3)12/h2*2-13H2,1H3;1H,2H2,(H,10,11)(H,8,12,13). The summed E-state index contributed by atoms with van der Waals surface area (Å²) in [5.41, 5.74) is 6.59. The van der Waals surface area contributed by atoms with E-state index in [4.69, 9.17) is 0 Å². The highest BCUT2D eigenvalue weighted by molar-refractivity contribution is 5.63. The number of hydrogen-bond acceptors (Lipinski definition) is 5. The van der Waals surface area contributed by atoms with Gasteiger partial charge in [-0.15, -0.1) is 0 Å². The number of nitrogens with zero attached hydrogens (tertiary/aromatic N) is 2. The van der Waals surface area contributed by atoms with E-state index in [1.54, 1.807) is 0 Å². The van der Waals surface area contributed by atoms with Crippen LogP contribution in [0.1, 0.15) is 142 Å². The molecule has 39 heavy (non-hydrogen) atoms. The molecule has 230 valence electrons. The van der Waals surface area contributed by atoms with Gasteiger partial charge in [-0.05, 0) is 25.7 Å². The SMILES string of the molecule is CCCCCCCCCCCC[NH3+].CCCCCCCCCCCC[NH3+].O=C([O-])Cn1cc(F)c([O-])nc1=O. The molecule has 0 bridgehead atoms. The number of quaternary nitrogens is 2. The molecule has 0 unspecified atom stereocenters. The van der Waals surface area contributed by atoms with Crippen LogP contribution in [0.15, 0.2) is 11.0 Å². The van der Waals surface area contributed by atoms with E-state index in [1.165, 1.54) is 128 Å². The molecular formula is C30H59FN4O4. The molecule has 0 atom stereocenters. The summed E-state index contributed by atoms with van der Waals surface area (Å²) in [6.07, 6.45) is 29.0. The Morgan fingerprint density at radius 3 is 1.38 bits per heavy atom. The van der Waals surface area contributed by atoms with Crippen LogP contribution in [0.2, 0.25) is 0 Å². The summed E-state index contributed by atoms with van der Waals surface area (Å²) < 4.78 is 12.9.